The van der Waals surface area contributed by atoms with Gasteiger partial charge in [-0.3, -0.25) is 0 Å². The van der Waals surface area contributed by atoms with Gasteiger partial charge in [-0.1, -0.05) is 29.9 Å². The number of rotatable bonds is 3. The van der Waals surface area contributed by atoms with Crippen molar-refractivity contribution in [1.29, 1.82) is 0 Å². The van der Waals surface area contributed by atoms with Gasteiger partial charge < -0.3 is 4.74 Å². The predicted molar refractivity (Wildman–Crippen MR) is 73.1 cm³/mol. The van der Waals surface area contributed by atoms with E-state index in [0.717, 1.165) is 11.7 Å². The molecule has 90 valence electrons. The number of methoxy groups -OCH3 is 1. The average Bonchev–Trinajstić information content (AvgIpc) is 2.40. The Balaban J connectivity index is 2.06. The van der Waals surface area contributed by atoms with Crippen molar-refractivity contribution < 1.29 is 4.74 Å². The highest BCUT2D eigenvalue weighted by molar-refractivity contribution is 5.55. The summed E-state index contributed by atoms with van der Waals surface area (Å²) >= 11 is 0. The molecule has 1 aromatic rings. The molecular weight excluding hydrogens is 208 g/mol. The molecule has 17 heavy (non-hydrogen) atoms. The highest BCUT2D eigenvalue weighted by atomic mass is 16.5. The Labute approximate surface area is 104 Å². The third-order valence-electron chi connectivity index (χ3n) is 3.47. The molecule has 0 N–H and O–H groups in total. The lowest BCUT2D eigenvalue weighted by Gasteiger charge is -2.20. The Morgan fingerprint density at radius 1 is 1.29 bits per heavy atom. The first kappa shape index (κ1) is 12.0. The van der Waals surface area contributed by atoms with Gasteiger partial charge in [-0.05, 0) is 49.3 Å². The normalized spacial score (nSPS) is 19.8. The second-order valence-corrected chi connectivity index (χ2v) is 4.65. The molecule has 1 saturated carbocycles. The fourth-order valence-corrected chi connectivity index (χ4v) is 2.36. The Morgan fingerprint density at radius 2 is 2.06 bits per heavy atom. The molecule has 1 heteroatoms. The zero-order chi connectivity index (χ0) is 12.1. The van der Waals surface area contributed by atoms with Crippen molar-refractivity contribution >= 4 is 6.08 Å². The second kappa shape index (κ2) is 5.72. The monoisotopic (exact) mass is 228 g/mol. The van der Waals surface area contributed by atoms with Crippen molar-refractivity contribution in [3.8, 4) is 5.75 Å². The molecule has 1 nitrogen and oxygen atoms in total. The van der Waals surface area contributed by atoms with Gasteiger partial charge in [-0.25, -0.2) is 0 Å². The van der Waals surface area contributed by atoms with Gasteiger partial charge in [0.15, 0.2) is 0 Å². The van der Waals surface area contributed by atoms with Crippen LogP contribution in [0.5, 0.6) is 5.75 Å². The van der Waals surface area contributed by atoms with Crippen LogP contribution in [0.4, 0.5) is 0 Å². The minimum Gasteiger partial charge on any atom is -0.497 e. The van der Waals surface area contributed by atoms with E-state index in [4.69, 9.17) is 4.74 Å². The summed E-state index contributed by atoms with van der Waals surface area (Å²) in [7, 11) is 1.71. The highest BCUT2D eigenvalue weighted by Crippen LogP contribution is 2.30. The van der Waals surface area contributed by atoms with Gasteiger partial charge in [0.1, 0.15) is 5.75 Å². The van der Waals surface area contributed by atoms with E-state index < -0.39 is 0 Å². The van der Waals surface area contributed by atoms with Crippen molar-refractivity contribution in [3.63, 3.8) is 0 Å². The molecule has 2 rings (SSSR count). The average molecular weight is 228 g/mol. The first-order chi connectivity index (χ1) is 8.31. The Hall–Kier alpha value is -1.50. The smallest absolute Gasteiger partial charge is 0.119 e. The van der Waals surface area contributed by atoms with E-state index in [-0.39, 0.29) is 0 Å². The van der Waals surface area contributed by atoms with E-state index in [1.165, 1.54) is 31.2 Å². The minimum absolute atomic E-state index is 0.720. The minimum atomic E-state index is 0.720. The highest BCUT2D eigenvalue weighted by Gasteiger charge is 2.13. The number of hydrogen-bond donors (Lipinski definition) is 0. The van der Waals surface area contributed by atoms with Crippen LogP contribution < -0.4 is 4.74 Å². The quantitative estimate of drug-likeness (QED) is 0.694. The summed E-state index contributed by atoms with van der Waals surface area (Å²) in [5, 5.41) is 0. The maximum Gasteiger partial charge on any atom is 0.119 e. The molecule has 1 aromatic carbocycles. The summed E-state index contributed by atoms with van der Waals surface area (Å²) in [5.41, 5.74) is 2.80. The van der Waals surface area contributed by atoms with Crippen LogP contribution in [0.1, 0.15) is 31.2 Å². The van der Waals surface area contributed by atoms with Gasteiger partial charge >= 0.3 is 0 Å². The second-order valence-electron chi connectivity index (χ2n) is 4.65. The Kier molecular flexibility index (Phi) is 4.03. The molecule has 0 spiro atoms. The Bertz CT molecular complexity index is 407. The summed E-state index contributed by atoms with van der Waals surface area (Å²) in [6, 6.07) is 8.25. The molecule has 1 aliphatic carbocycles. The third kappa shape index (κ3) is 3.23. The molecule has 0 aromatic heterocycles. The first-order valence-electron chi connectivity index (χ1n) is 6.28. The van der Waals surface area contributed by atoms with E-state index in [0.29, 0.717) is 0 Å². The van der Waals surface area contributed by atoms with E-state index in [1.54, 1.807) is 12.7 Å². The summed E-state index contributed by atoms with van der Waals surface area (Å²) in [4.78, 5) is 0. The molecule has 1 fully saturated rings. The van der Waals surface area contributed by atoms with Crippen molar-refractivity contribution in [3.05, 3.63) is 48.1 Å². The largest absolute Gasteiger partial charge is 0.497 e. The number of ether oxygens (including phenoxy) is 1. The van der Waals surface area contributed by atoms with Gasteiger partial charge in [-0.15, -0.1) is 6.58 Å². The molecule has 0 amide bonds. The molecule has 0 atom stereocenters. The van der Waals surface area contributed by atoms with Gasteiger partial charge in [0.2, 0.25) is 0 Å². The van der Waals surface area contributed by atoms with Crippen LogP contribution >= 0.6 is 0 Å². The van der Waals surface area contributed by atoms with E-state index >= 15 is 0 Å². The fourth-order valence-electron chi connectivity index (χ4n) is 2.36. The van der Waals surface area contributed by atoms with Gasteiger partial charge in [0.05, 0.1) is 7.11 Å². The lowest BCUT2D eigenvalue weighted by molar-refractivity contribution is 0.414. The van der Waals surface area contributed by atoms with Crippen molar-refractivity contribution in [2.45, 2.75) is 25.7 Å². The van der Waals surface area contributed by atoms with Gasteiger partial charge in [-0.2, -0.15) is 0 Å². The third-order valence-corrected chi connectivity index (χ3v) is 3.47. The maximum absolute atomic E-state index is 5.24. The summed E-state index contributed by atoms with van der Waals surface area (Å²) in [6.45, 7) is 3.88. The standard InChI is InChI=1S/C16H20O/c1-3-13-7-9-14(10-8-13)11-15-5-4-6-16(12-15)17-2/h3-6,11-13H,1,7-10H2,2H3. The number of hydrogen-bond acceptors (Lipinski definition) is 1. The SMILES string of the molecule is C=CC1CCC(=Cc2cccc(OC)c2)CC1. The molecule has 0 unspecified atom stereocenters. The van der Waals surface area contributed by atoms with Crippen LogP contribution in [0.25, 0.3) is 6.08 Å². The summed E-state index contributed by atoms with van der Waals surface area (Å²) in [6.07, 6.45) is 9.31. The Morgan fingerprint density at radius 3 is 2.71 bits per heavy atom. The molecular formula is C16H20O. The topological polar surface area (TPSA) is 9.23 Å². The zero-order valence-corrected chi connectivity index (χ0v) is 10.5. The van der Waals surface area contributed by atoms with Gasteiger partial charge in [0, 0.05) is 0 Å². The van der Waals surface area contributed by atoms with Crippen LogP contribution in [0.15, 0.2) is 42.5 Å². The van der Waals surface area contributed by atoms with Crippen molar-refractivity contribution in [2.75, 3.05) is 7.11 Å². The van der Waals surface area contributed by atoms with Crippen LogP contribution in [0.2, 0.25) is 0 Å². The molecule has 0 aliphatic heterocycles. The number of benzene rings is 1. The van der Waals surface area contributed by atoms with Gasteiger partial charge in [0.25, 0.3) is 0 Å². The maximum atomic E-state index is 5.24. The summed E-state index contributed by atoms with van der Waals surface area (Å²) < 4.78 is 5.24. The van der Waals surface area contributed by atoms with Crippen LogP contribution in [-0.2, 0) is 0 Å². The van der Waals surface area contributed by atoms with Crippen LogP contribution in [-0.4, -0.2) is 7.11 Å². The molecule has 0 saturated heterocycles. The van der Waals surface area contributed by atoms with Crippen molar-refractivity contribution in [1.82, 2.24) is 0 Å². The van der Waals surface area contributed by atoms with Crippen LogP contribution in [0.3, 0.4) is 0 Å². The lowest BCUT2D eigenvalue weighted by atomic mass is 9.85. The van der Waals surface area contributed by atoms with E-state index in [9.17, 15) is 0 Å². The zero-order valence-electron chi connectivity index (χ0n) is 10.5. The van der Waals surface area contributed by atoms with Crippen LogP contribution in [0, 0.1) is 5.92 Å². The number of allylic oxidation sites excluding steroid dienone is 2. The van der Waals surface area contributed by atoms with Crippen molar-refractivity contribution in [2.24, 2.45) is 5.92 Å². The molecule has 0 heterocycles. The molecule has 0 radical (unpaired) electrons. The predicted octanol–water partition coefficient (Wildman–Crippen LogP) is 4.45. The lowest BCUT2D eigenvalue weighted by Crippen LogP contribution is -2.04. The molecule has 1 aliphatic rings. The fraction of sp³-hybridized carbons (Fsp3) is 0.375. The first-order valence-corrected chi connectivity index (χ1v) is 6.28. The van der Waals surface area contributed by atoms with E-state index in [1.807, 2.05) is 12.1 Å². The molecule has 0 bridgehead atoms. The summed E-state index contributed by atoms with van der Waals surface area (Å²) in [5.74, 6) is 1.65. The van der Waals surface area contributed by atoms with E-state index in [2.05, 4.69) is 30.9 Å².